The molecule has 0 aromatic heterocycles. The summed E-state index contributed by atoms with van der Waals surface area (Å²) in [6.07, 6.45) is -2.76. The van der Waals surface area contributed by atoms with Crippen molar-refractivity contribution < 1.29 is 41.2 Å². The third-order valence-corrected chi connectivity index (χ3v) is 5.03. The largest absolute Gasteiger partial charge is 0.497 e. The van der Waals surface area contributed by atoms with E-state index in [-0.39, 0.29) is 16.3 Å². The monoisotopic (exact) mass is 417 g/mol. The Kier molecular flexibility index (Phi) is 8.54. The summed E-state index contributed by atoms with van der Waals surface area (Å²) in [6, 6.07) is 3.93. The maximum absolute atomic E-state index is 12.3. The van der Waals surface area contributed by atoms with Gasteiger partial charge in [0.2, 0.25) is 5.91 Å². The number of carbonyl (C=O) groups excluding carboxylic acids is 3. The molecule has 0 fully saturated rings. The summed E-state index contributed by atoms with van der Waals surface area (Å²) in [5.41, 5.74) is -0.0773. The molecule has 1 aromatic rings. The van der Waals surface area contributed by atoms with Crippen molar-refractivity contribution in [3.8, 4) is 5.75 Å². The van der Waals surface area contributed by atoms with Gasteiger partial charge >= 0.3 is 5.97 Å². The van der Waals surface area contributed by atoms with E-state index >= 15 is 0 Å². The first kappa shape index (κ1) is 23.5. The maximum Gasteiger partial charge on any atom is 0.335 e. The lowest BCUT2D eigenvalue weighted by Crippen LogP contribution is -2.34. The Bertz CT molecular complexity index is 835. The smallest absolute Gasteiger partial charge is 0.335 e. The molecule has 0 radical (unpaired) electrons. The number of ether oxygens (including phenoxy) is 3. The molecule has 1 N–H and O–H groups in total. The maximum atomic E-state index is 12.3. The molecule has 0 aliphatic rings. The molecule has 156 valence electrons. The van der Waals surface area contributed by atoms with Crippen LogP contribution in [0, 0.1) is 0 Å². The standard InChI is InChI=1S/C17H23NO9S/c1-10(19)14(27-17(21)11(2)24-3)9-16(20)18-13-7-6-12(25-4)8-15(13)28(22,23)26-5/h6-8,11,14H,9H2,1-5H3,(H,18,20). The van der Waals surface area contributed by atoms with Crippen molar-refractivity contribution in [2.75, 3.05) is 26.6 Å². The van der Waals surface area contributed by atoms with E-state index in [4.69, 9.17) is 14.2 Å². The molecule has 0 spiro atoms. The molecule has 0 saturated heterocycles. The molecule has 1 rings (SSSR count). The van der Waals surface area contributed by atoms with Gasteiger partial charge in [-0.2, -0.15) is 8.42 Å². The lowest BCUT2D eigenvalue weighted by Gasteiger charge is -2.18. The predicted molar refractivity (Wildman–Crippen MR) is 97.5 cm³/mol. The number of benzene rings is 1. The van der Waals surface area contributed by atoms with Crippen LogP contribution in [0.1, 0.15) is 20.3 Å². The summed E-state index contributed by atoms with van der Waals surface area (Å²) in [4.78, 5) is 35.5. The van der Waals surface area contributed by atoms with Crippen molar-refractivity contribution in [3.05, 3.63) is 18.2 Å². The molecule has 0 aliphatic heterocycles. The highest BCUT2D eigenvalue weighted by atomic mass is 32.2. The van der Waals surface area contributed by atoms with Gasteiger partial charge in [-0.3, -0.25) is 13.8 Å². The van der Waals surface area contributed by atoms with Gasteiger partial charge in [0, 0.05) is 13.2 Å². The van der Waals surface area contributed by atoms with Crippen molar-refractivity contribution in [1.82, 2.24) is 0 Å². The molecule has 0 saturated carbocycles. The molecule has 10 nitrogen and oxygen atoms in total. The van der Waals surface area contributed by atoms with Crippen LogP contribution in [0.5, 0.6) is 5.75 Å². The summed E-state index contributed by atoms with van der Waals surface area (Å²) in [5, 5.41) is 2.38. The first-order valence-corrected chi connectivity index (χ1v) is 9.48. The third-order valence-electron chi connectivity index (χ3n) is 3.72. The number of esters is 1. The van der Waals surface area contributed by atoms with Crippen LogP contribution in [0.15, 0.2) is 23.1 Å². The van der Waals surface area contributed by atoms with Gasteiger partial charge in [0.25, 0.3) is 10.1 Å². The van der Waals surface area contributed by atoms with Crippen LogP contribution in [0.4, 0.5) is 5.69 Å². The van der Waals surface area contributed by atoms with E-state index < -0.39 is 46.4 Å². The van der Waals surface area contributed by atoms with Crippen molar-refractivity contribution in [1.29, 1.82) is 0 Å². The van der Waals surface area contributed by atoms with Crippen LogP contribution in [0.2, 0.25) is 0 Å². The third kappa shape index (κ3) is 6.29. The van der Waals surface area contributed by atoms with E-state index in [1.807, 2.05) is 0 Å². The molecule has 0 bridgehead atoms. The number of Topliss-reactive ketones (excluding diaryl/α,β-unsaturated/α-hetero) is 1. The zero-order valence-corrected chi connectivity index (χ0v) is 17.0. The van der Waals surface area contributed by atoms with Crippen LogP contribution in [-0.4, -0.2) is 59.6 Å². The quantitative estimate of drug-likeness (QED) is 0.435. The van der Waals surface area contributed by atoms with Gasteiger partial charge in [0.1, 0.15) is 10.6 Å². The minimum Gasteiger partial charge on any atom is -0.497 e. The molecule has 11 heteroatoms. The fourth-order valence-corrected chi connectivity index (χ4v) is 2.83. The normalized spacial score (nSPS) is 13.3. The van der Waals surface area contributed by atoms with E-state index in [9.17, 15) is 22.8 Å². The Morgan fingerprint density at radius 1 is 1.14 bits per heavy atom. The molecule has 2 atom stereocenters. The summed E-state index contributed by atoms with van der Waals surface area (Å²) in [6.45, 7) is 2.59. The summed E-state index contributed by atoms with van der Waals surface area (Å²) in [5.74, 6) is -1.86. The highest BCUT2D eigenvalue weighted by Crippen LogP contribution is 2.28. The second-order valence-electron chi connectivity index (χ2n) is 5.65. The van der Waals surface area contributed by atoms with Gasteiger partial charge in [-0.15, -0.1) is 0 Å². The molecule has 2 unspecified atom stereocenters. The highest BCUT2D eigenvalue weighted by molar-refractivity contribution is 7.87. The Morgan fingerprint density at radius 2 is 1.79 bits per heavy atom. The highest BCUT2D eigenvalue weighted by Gasteiger charge is 2.27. The Hall–Kier alpha value is -2.50. The Balaban J connectivity index is 3.03. The Labute approximate surface area is 163 Å². The minimum absolute atomic E-state index is 0.0773. The first-order chi connectivity index (χ1) is 13.0. The molecule has 1 aromatic carbocycles. The molecular formula is C17H23NO9S. The van der Waals surface area contributed by atoms with E-state index in [2.05, 4.69) is 9.50 Å². The average molecular weight is 417 g/mol. The van der Waals surface area contributed by atoms with Crippen LogP contribution in [0.3, 0.4) is 0 Å². The molecule has 28 heavy (non-hydrogen) atoms. The predicted octanol–water partition coefficient (Wildman–Crippen LogP) is 0.895. The number of amides is 1. The summed E-state index contributed by atoms with van der Waals surface area (Å²) < 4.78 is 43.4. The number of rotatable bonds is 10. The van der Waals surface area contributed by atoms with Crippen molar-refractivity contribution in [2.24, 2.45) is 0 Å². The Morgan fingerprint density at radius 3 is 2.29 bits per heavy atom. The van der Waals surface area contributed by atoms with Gasteiger partial charge in [-0.05, 0) is 26.0 Å². The first-order valence-electron chi connectivity index (χ1n) is 8.08. The lowest BCUT2D eigenvalue weighted by atomic mass is 10.1. The number of methoxy groups -OCH3 is 2. The van der Waals surface area contributed by atoms with Crippen molar-refractivity contribution in [2.45, 2.75) is 37.4 Å². The van der Waals surface area contributed by atoms with Crippen LogP contribution in [-0.2, 0) is 38.2 Å². The second-order valence-corrected chi connectivity index (χ2v) is 7.33. The number of ketones is 1. The number of carbonyl (C=O) groups is 3. The summed E-state index contributed by atoms with van der Waals surface area (Å²) >= 11 is 0. The molecule has 0 aliphatic carbocycles. The van der Waals surface area contributed by atoms with Gasteiger partial charge < -0.3 is 19.5 Å². The fraction of sp³-hybridized carbons (Fsp3) is 0.471. The van der Waals surface area contributed by atoms with E-state index in [0.29, 0.717) is 0 Å². The number of nitrogens with one attached hydrogen (secondary N) is 1. The number of hydrogen-bond donors (Lipinski definition) is 1. The number of hydrogen-bond acceptors (Lipinski definition) is 9. The fourth-order valence-electron chi connectivity index (χ4n) is 2.00. The van der Waals surface area contributed by atoms with Gasteiger partial charge in [-0.1, -0.05) is 0 Å². The molecule has 1 amide bonds. The van der Waals surface area contributed by atoms with Crippen molar-refractivity contribution >= 4 is 33.5 Å². The van der Waals surface area contributed by atoms with Gasteiger partial charge in [0.15, 0.2) is 18.0 Å². The van der Waals surface area contributed by atoms with E-state index in [1.165, 1.54) is 39.3 Å². The summed E-state index contributed by atoms with van der Waals surface area (Å²) in [7, 11) is -0.529. The topological polar surface area (TPSA) is 134 Å². The minimum atomic E-state index is -4.15. The average Bonchev–Trinajstić information content (AvgIpc) is 2.66. The zero-order valence-electron chi connectivity index (χ0n) is 16.2. The van der Waals surface area contributed by atoms with Gasteiger partial charge in [-0.25, -0.2) is 4.79 Å². The van der Waals surface area contributed by atoms with Crippen LogP contribution >= 0.6 is 0 Å². The molecular weight excluding hydrogens is 394 g/mol. The van der Waals surface area contributed by atoms with Gasteiger partial charge in [0.05, 0.1) is 26.3 Å². The second kappa shape index (κ2) is 10.2. The number of anilines is 1. The van der Waals surface area contributed by atoms with Crippen LogP contribution < -0.4 is 10.1 Å². The van der Waals surface area contributed by atoms with Crippen LogP contribution in [0.25, 0.3) is 0 Å². The van der Waals surface area contributed by atoms with Crippen molar-refractivity contribution in [3.63, 3.8) is 0 Å². The molecule has 0 heterocycles. The van der Waals surface area contributed by atoms with E-state index in [0.717, 1.165) is 14.0 Å². The lowest BCUT2D eigenvalue weighted by molar-refractivity contribution is -0.164. The zero-order chi connectivity index (χ0) is 21.5. The van der Waals surface area contributed by atoms with E-state index in [1.54, 1.807) is 0 Å². The SMILES string of the molecule is COc1ccc(NC(=O)CC(OC(=O)C(C)OC)C(C)=O)c(S(=O)(=O)OC)c1.